The topological polar surface area (TPSA) is 89.1 Å². The number of aromatic nitrogens is 4. The molecule has 1 saturated carbocycles. The number of fused-ring (bicyclic) bond motifs is 1. The highest BCUT2D eigenvalue weighted by molar-refractivity contribution is 7.99. The van der Waals surface area contributed by atoms with Crippen LogP contribution in [0.25, 0.3) is 22.3 Å². The summed E-state index contributed by atoms with van der Waals surface area (Å²) in [5.41, 5.74) is 2.15. The Balaban J connectivity index is 1.27. The van der Waals surface area contributed by atoms with Gasteiger partial charge in [-0.15, -0.1) is 10.2 Å². The number of benzene rings is 1. The van der Waals surface area contributed by atoms with Crippen LogP contribution in [-0.4, -0.2) is 43.3 Å². The second kappa shape index (κ2) is 8.06. The summed E-state index contributed by atoms with van der Waals surface area (Å²) in [6.07, 6.45) is 5.29. The zero-order valence-electron chi connectivity index (χ0n) is 15.8. The summed E-state index contributed by atoms with van der Waals surface area (Å²) in [5, 5.41) is 21.2. The monoisotopic (exact) mass is 410 g/mol. The van der Waals surface area contributed by atoms with E-state index in [4.69, 9.17) is 9.15 Å². The maximum absolute atomic E-state index is 10.3. The number of aliphatic hydroxyl groups excluding tert-OH is 1. The molecule has 0 amide bonds. The number of H-pyrrole nitrogens is 1. The van der Waals surface area contributed by atoms with Crippen molar-refractivity contribution in [3.8, 4) is 11.4 Å². The predicted molar refractivity (Wildman–Crippen MR) is 111 cm³/mol. The van der Waals surface area contributed by atoms with Gasteiger partial charge in [-0.1, -0.05) is 30.0 Å². The molecular weight excluding hydrogens is 388 g/mol. The van der Waals surface area contributed by atoms with Crippen LogP contribution < -0.4 is 0 Å². The Kier molecular flexibility index (Phi) is 5.13. The first-order valence-corrected chi connectivity index (χ1v) is 10.7. The van der Waals surface area contributed by atoms with E-state index in [0.29, 0.717) is 18.4 Å². The van der Waals surface area contributed by atoms with Gasteiger partial charge in [0.05, 0.1) is 19.0 Å². The minimum Gasteiger partial charge on any atom is -0.467 e. The quantitative estimate of drug-likeness (QED) is 0.405. The van der Waals surface area contributed by atoms with Crippen LogP contribution in [0, 0.1) is 0 Å². The lowest BCUT2D eigenvalue weighted by Crippen LogP contribution is -2.18. The highest BCUT2D eigenvalue weighted by Gasteiger charge is 2.31. The van der Waals surface area contributed by atoms with Crippen molar-refractivity contribution in [1.82, 2.24) is 19.7 Å². The van der Waals surface area contributed by atoms with Crippen LogP contribution in [0.2, 0.25) is 0 Å². The molecule has 1 fully saturated rings. The summed E-state index contributed by atoms with van der Waals surface area (Å²) in [7, 11) is 0. The number of rotatable bonds is 9. The molecule has 150 valence electrons. The van der Waals surface area contributed by atoms with Crippen LogP contribution in [0.4, 0.5) is 0 Å². The summed E-state index contributed by atoms with van der Waals surface area (Å²) in [5.74, 6) is 2.13. The average Bonchev–Trinajstić information content (AvgIpc) is 3.13. The second-order valence-electron chi connectivity index (χ2n) is 7.21. The van der Waals surface area contributed by atoms with Crippen molar-refractivity contribution in [3.05, 3.63) is 54.6 Å². The van der Waals surface area contributed by atoms with Crippen LogP contribution in [0.3, 0.4) is 0 Å². The molecule has 3 aromatic heterocycles. The molecular formula is C21H22N4O3S. The first-order valence-electron chi connectivity index (χ1n) is 9.72. The molecule has 0 radical (unpaired) electrons. The van der Waals surface area contributed by atoms with E-state index in [1.54, 1.807) is 6.26 Å². The number of nitrogens with one attached hydrogen (secondary N) is 1. The number of furan rings is 1. The van der Waals surface area contributed by atoms with Gasteiger partial charge in [-0.2, -0.15) is 0 Å². The van der Waals surface area contributed by atoms with Crippen LogP contribution in [0.15, 0.2) is 58.4 Å². The molecule has 5 rings (SSSR count). The number of aliphatic hydroxyl groups is 1. The van der Waals surface area contributed by atoms with Gasteiger partial charge in [0.2, 0.25) is 0 Å². The van der Waals surface area contributed by atoms with Gasteiger partial charge >= 0.3 is 0 Å². The summed E-state index contributed by atoms with van der Waals surface area (Å²) < 4.78 is 13.0. The number of para-hydroxylation sites is 1. The van der Waals surface area contributed by atoms with E-state index in [9.17, 15) is 5.11 Å². The van der Waals surface area contributed by atoms with Gasteiger partial charge in [0.25, 0.3) is 0 Å². The molecule has 7 nitrogen and oxygen atoms in total. The minimum absolute atomic E-state index is 0.251. The van der Waals surface area contributed by atoms with Gasteiger partial charge in [-0.05, 0) is 31.0 Å². The van der Waals surface area contributed by atoms with E-state index in [-0.39, 0.29) is 6.61 Å². The third-order valence-corrected chi connectivity index (χ3v) is 6.03. The molecule has 4 aromatic rings. The molecule has 0 aliphatic heterocycles. The minimum atomic E-state index is -0.587. The van der Waals surface area contributed by atoms with Gasteiger partial charge in [-0.25, -0.2) is 0 Å². The lowest BCUT2D eigenvalue weighted by molar-refractivity contribution is 0.0328. The number of hydrogen-bond donors (Lipinski definition) is 2. The Morgan fingerprint density at radius 1 is 1.24 bits per heavy atom. The molecule has 2 N–H and O–H groups in total. The fraction of sp³-hybridized carbons (Fsp3) is 0.333. The van der Waals surface area contributed by atoms with Crippen LogP contribution in [-0.2, 0) is 11.3 Å². The highest BCUT2D eigenvalue weighted by Crippen LogP contribution is 2.42. The van der Waals surface area contributed by atoms with Gasteiger partial charge in [0, 0.05) is 34.5 Å². The normalized spacial score (nSPS) is 15.2. The molecule has 0 bridgehead atoms. The van der Waals surface area contributed by atoms with E-state index in [1.807, 2.05) is 30.5 Å². The van der Waals surface area contributed by atoms with Crippen molar-refractivity contribution in [2.75, 3.05) is 12.4 Å². The summed E-state index contributed by atoms with van der Waals surface area (Å²) in [6, 6.07) is 12.3. The van der Waals surface area contributed by atoms with Crippen LogP contribution in [0.1, 0.15) is 24.6 Å². The van der Waals surface area contributed by atoms with Crippen LogP contribution >= 0.6 is 11.8 Å². The van der Waals surface area contributed by atoms with Gasteiger partial charge in [0.1, 0.15) is 12.4 Å². The maximum atomic E-state index is 10.3. The van der Waals surface area contributed by atoms with Crippen molar-refractivity contribution in [2.45, 2.75) is 36.8 Å². The smallest absolute Gasteiger partial charge is 0.191 e. The fourth-order valence-electron chi connectivity index (χ4n) is 3.39. The number of thioether (sulfide) groups is 1. The Morgan fingerprint density at radius 3 is 2.97 bits per heavy atom. The third kappa shape index (κ3) is 3.96. The van der Waals surface area contributed by atoms with E-state index < -0.39 is 6.10 Å². The summed E-state index contributed by atoms with van der Waals surface area (Å²) >= 11 is 1.52. The number of hydrogen-bond acceptors (Lipinski definition) is 6. The molecule has 0 unspecified atom stereocenters. The Hall–Kier alpha value is -2.55. The lowest BCUT2D eigenvalue weighted by atomic mass is 10.1. The molecule has 0 spiro atoms. The predicted octanol–water partition coefficient (Wildman–Crippen LogP) is 4.02. The van der Waals surface area contributed by atoms with Crippen molar-refractivity contribution >= 4 is 22.7 Å². The number of ether oxygens (including phenoxy) is 1. The summed E-state index contributed by atoms with van der Waals surface area (Å²) in [6.45, 7) is 0.609. The average molecular weight is 410 g/mol. The molecule has 1 aliphatic rings. The molecule has 3 heterocycles. The van der Waals surface area contributed by atoms with Gasteiger partial charge in [0.15, 0.2) is 11.0 Å². The standard InChI is InChI=1S/C21H22N4O3S/c26-15(11-27-12-16-4-3-9-28-16)13-29-21-24-23-20(25(21)14-7-8-14)18-10-22-19-6-2-1-5-17(18)19/h1-6,9-10,14-15,22,26H,7-8,11-13H2/t15-/m0/s1. The van der Waals surface area contributed by atoms with E-state index >= 15 is 0 Å². The number of aromatic amines is 1. The first-order chi connectivity index (χ1) is 14.3. The van der Waals surface area contributed by atoms with Gasteiger partial charge < -0.3 is 19.2 Å². The Bertz CT molecular complexity index is 1080. The van der Waals surface area contributed by atoms with Crippen molar-refractivity contribution in [1.29, 1.82) is 0 Å². The van der Waals surface area contributed by atoms with E-state index in [0.717, 1.165) is 46.0 Å². The van der Waals surface area contributed by atoms with E-state index in [1.165, 1.54) is 11.8 Å². The SMILES string of the molecule is O[C@@H](COCc1ccco1)CSc1nnc(-c2c[nH]c3ccccc23)n1C1CC1. The van der Waals surface area contributed by atoms with Crippen LogP contribution in [0.5, 0.6) is 0 Å². The summed E-state index contributed by atoms with van der Waals surface area (Å²) in [4.78, 5) is 3.32. The van der Waals surface area contributed by atoms with Gasteiger partial charge in [-0.3, -0.25) is 4.57 Å². The second-order valence-corrected chi connectivity index (χ2v) is 8.20. The van der Waals surface area contributed by atoms with E-state index in [2.05, 4.69) is 31.9 Å². The molecule has 8 heteroatoms. The maximum Gasteiger partial charge on any atom is 0.191 e. The lowest BCUT2D eigenvalue weighted by Gasteiger charge is -2.12. The third-order valence-electron chi connectivity index (χ3n) is 4.95. The van der Waals surface area contributed by atoms with Crippen molar-refractivity contribution < 1.29 is 14.3 Å². The zero-order valence-corrected chi connectivity index (χ0v) is 16.6. The molecule has 1 aliphatic carbocycles. The molecule has 1 atom stereocenters. The number of nitrogens with zero attached hydrogens (tertiary/aromatic N) is 3. The zero-order chi connectivity index (χ0) is 19.6. The Labute approximate surface area is 172 Å². The fourth-order valence-corrected chi connectivity index (χ4v) is 4.30. The largest absolute Gasteiger partial charge is 0.467 e. The van der Waals surface area contributed by atoms with Crippen molar-refractivity contribution in [2.24, 2.45) is 0 Å². The highest BCUT2D eigenvalue weighted by atomic mass is 32.2. The molecule has 29 heavy (non-hydrogen) atoms. The Morgan fingerprint density at radius 2 is 2.14 bits per heavy atom. The molecule has 0 saturated heterocycles. The molecule has 1 aromatic carbocycles. The first kappa shape index (κ1) is 18.5. The van der Waals surface area contributed by atoms with Crippen molar-refractivity contribution in [3.63, 3.8) is 0 Å².